The molecule has 0 atom stereocenters. The first-order valence-electron chi connectivity index (χ1n) is 6.97. The summed E-state index contributed by atoms with van der Waals surface area (Å²) in [6.07, 6.45) is 6.03. The number of aryl methyl sites for hydroxylation is 1. The van der Waals surface area contributed by atoms with Gasteiger partial charge >= 0.3 is 0 Å². The molecule has 1 spiro atoms. The lowest BCUT2D eigenvalue weighted by Crippen LogP contribution is -2.34. The second kappa shape index (κ2) is 3.91. The SMILES string of the molecule is Cn1ncc(-c2ccc3c(c2)OC2(CCCC2)O3)c1N. The summed E-state index contributed by atoms with van der Waals surface area (Å²) in [5.41, 5.74) is 7.95. The number of nitrogens with zero attached hydrogens (tertiary/aromatic N) is 2. The molecule has 1 aromatic carbocycles. The lowest BCUT2D eigenvalue weighted by molar-refractivity contribution is -0.0716. The van der Waals surface area contributed by atoms with Gasteiger partial charge in [-0.1, -0.05) is 6.07 Å². The summed E-state index contributed by atoms with van der Waals surface area (Å²) in [5.74, 6) is 1.88. The van der Waals surface area contributed by atoms with Gasteiger partial charge in [0.15, 0.2) is 11.5 Å². The molecule has 2 heterocycles. The number of ether oxygens (including phenoxy) is 2. The highest BCUT2D eigenvalue weighted by Gasteiger charge is 2.44. The maximum atomic E-state index is 6.07. The minimum Gasteiger partial charge on any atom is -0.448 e. The van der Waals surface area contributed by atoms with Crippen molar-refractivity contribution in [2.45, 2.75) is 31.5 Å². The molecule has 5 heteroatoms. The lowest BCUT2D eigenvalue weighted by Gasteiger charge is -2.21. The van der Waals surface area contributed by atoms with E-state index in [0.717, 1.165) is 48.3 Å². The minimum atomic E-state index is -0.415. The van der Waals surface area contributed by atoms with Crippen LogP contribution in [-0.4, -0.2) is 15.6 Å². The zero-order valence-corrected chi connectivity index (χ0v) is 11.4. The van der Waals surface area contributed by atoms with Crippen LogP contribution in [0.5, 0.6) is 11.5 Å². The predicted octanol–water partition coefficient (Wildman–Crippen LogP) is 2.71. The van der Waals surface area contributed by atoms with E-state index in [1.54, 1.807) is 10.9 Å². The van der Waals surface area contributed by atoms with Gasteiger partial charge in [0.2, 0.25) is 0 Å². The van der Waals surface area contributed by atoms with Crippen molar-refractivity contribution in [1.29, 1.82) is 0 Å². The minimum absolute atomic E-state index is 0.415. The van der Waals surface area contributed by atoms with Crippen LogP contribution in [0.25, 0.3) is 11.1 Å². The normalized spacial score (nSPS) is 18.9. The Morgan fingerprint density at radius 3 is 2.65 bits per heavy atom. The summed E-state index contributed by atoms with van der Waals surface area (Å²) in [6.45, 7) is 0. The number of nitrogens with two attached hydrogens (primary N) is 1. The molecule has 2 N–H and O–H groups in total. The van der Waals surface area contributed by atoms with Gasteiger partial charge in [0, 0.05) is 25.5 Å². The molecular weight excluding hydrogens is 254 g/mol. The zero-order valence-electron chi connectivity index (χ0n) is 11.4. The van der Waals surface area contributed by atoms with Gasteiger partial charge in [0.05, 0.1) is 6.20 Å². The number of hydrogen-bond donors (Lipinski definition) is 1. The molecule has 4 rings (SSSR count). The molecule has 1 fully saturated rings. The molecule has 0 bridgehead atoms. The standard InChI is InChI=1S/C15H17N3O2/c1-18-14(16)11(9-17-18)10-4-5-12-13(8-10)20-15(19-12)6-2-3-7-15/h4-5,8-9H,2-3,6-7,16H2,1H3. The highest BCUT2D eigenvalue weighted by atomic mass is 16.7. The van der Waals surface area contributed by atoms with Crippen molar-refractivity contribution in [1.82, 2.24) is 9.78 Å². The smallest absolute Gasteiger partial charge is 0.251 e. The fourth-order valence-electron chi connectivity index (χ4n) is 3.05. The van der Waals surface area contributed by atoms with Crippen LogP contribution in [0.15, 0.2) is 24.4 Å². The van der Waals surface area contributed by atoms with E-state index in [0.29, 0.717) is 5.82 Å². The molecule has 0 saturated heterocycles. The maximum Gasteiger partial charge on any atom is 0.251 e. The van der Waals surface area contributed by atoms with Crippen LogP contribution in [0.3, 0.4) is 0 Å². The number of rotatable bonds is 1. The molecule has 1 aliphatic heterocycles. The van der Waals surface area contributed by atoms with Crippen LogP contribution in [0.4, 0.5) is 5.82 Å². The van der Waals surface area contributed by atoms with Crippen LogP contribution in [0.2, 0.25) is 0 Å². The molecule has 20 heavy (non-hydrogen) atoms. The van der Waals surface area contributed by atoms with Crippen molar-refractivity contribution in [2.24, 2.45) is 7.05 Å². The van der Waals surface area contributed by atoms with Gasteiger partial charge in [0.25, 0.3) is 5.79 Å². The van der Waals surface area contributed by atoms with E-state index >= 15 is 0 Å². The second-order valence-corrected chi connectivity index (χ2v) is 5.55. The number of anilines is 1. The topological polar surface area (TPSA) is 62.3 Å². The largest absolute Gasteiger partial charge is 0.448 e. The number of nitrogen functional groups attached to an aromatic ring is 1. The molecule has 2 aliphatic rings. The average Bonchev–Trinajstić information content (AvgIpc) is 3.11. The Morgan fingerprint density at radius 1 is 1.20 bits per heavy atom. The Hall–Kier alpha value is -2.17. The number of fused-ring (bicyclic) bond motifs is 1. The molecule has 1 aliphatic carbocycles. The van der Waals surface area contributed by atoms with Crippen LogP contribution >= 0.6 is 0 Å². The molecule has 2 aromatic rings. The van der Waals surface area contributed by atoms with E-state index in [1.807, 2.05) is 25.2 Å². The van der Waals surface area contributed by atoms with Gasteiger partial charge in [-0.15, -0.1) is 0 Å². The molecule has 1 saturated carbocycles. The highest BCUT2D eigenvalue weighted by molar-refractivity contribution is 5.75. The van der Waals surface area contributed by atoms with Crippen LogP contribution in [-0.2, 0) is 7.05 Å². The molecule has 0 amide bonds. The van der Waals surface area contributed by atoms with E-state index in [-0.39, 0.29) is 0 Å². The number of aromatic nitrogens is 2. The maximum absolute atomic E-state index is 6.07. The number of benzene rings is 1. The fraction of sp³-hybridized carbons (Fsp3) is 0.400. The Morgan fingerprint density at radius 2 is 1.95 bits per heavy atom. The van der Waals surface area contributed by atoms with Crippen molar-refractivity contribution in [2.75, 3.05) is 5.73 Å². The molecule has 5 nitrogen and oxygen atoms in total. The summed E-state index contributed by atoms with van der Waals surface area (Å²) in [7, 11) is 1.83. The first-order chi connectivity index (χ1) is 9.67. The molecule has 104 valence electrons. The van der Waals surface area contributed by atoms with Crippen molar-refractivity contribution in [3.63, 3.8) is 0 Å². The fourth-order valence-corrected chi connectivity index (χ4v) is 3.05. The summed E-state index contributed by atoms with van der Waals surface area (Å²) in [4.78, 5) is 0. The third kappa shape index (κ3) is 1.59. The third-order valence-corrected chi connectivity index (χ3v) is 4.20. The first-order valence-corrected chi connectivity index (χ1v) is 6.97. The highest BCUT2D eigenvalue weighted by Crippen LogP contribution is 2.47. The number of hydrogen-bond acceptors (Lipinski definition) is 4. The van der Waals surface area contributed by atoms with E-state index in [9.17, 15) is 0 Å². The van der Waals surface area contributed by atoms with E-state index in [4.69, 9.17) is 15.2 Å². The summed E-state index contributed by atoms with van der Waals surface area (Å²) in [5, 5.41) is 4.18. The van der Waals surface area contributed by atoms with Gasteiger partial charge < -0.3 is 15.2 Å². The van der Waals surface area contributed by atoms with Crippen molar-refractivity contribution in [3.8, 4) is 22.6 Å². The monoisotopic (exact) mass is 271 g/mol. The zero-order chi connectivity index (χ0) is 13.7. The summed E-state index contributed by atoms with van der Waals surface area (Å²) >= 11 is 0. The Balaban J connectivity index is 1.72. The Bertz CT molecular complexity index is 672. The van der Waals surface area contributed by atoms with Crippen molar-refractivity contribution < 1.29 is 9.47 Å². The molecule has 1 aromatic heterocycles. The van der Waals surface area contributed by atoms with Gasteiger partial charge in [-0.2, -0.15) is 5.10 Å². The van der Waals surface area contributed by atoms with Gasteiger partial charge in [-0.25, -0.2) is 0 Å². The van der Waals surface area contributed by atoms with Gasteiger partial charge in [-0.05, 0) is 30.5 Å². The summed E-state index contributed by atoms with van der Waals surface area (Å²) in [6, 6.07) is 5.96. The lowest BCUT2D eigenvalue weighted by atomic mass is 10.1. The molecule has 0 unspecified atom stereocenters. The third-order valence-electron chi connectivity index (χ3n) is 4.20. The van der Waals surface area contributed by atoms with Crippen LogP contribution in [0.1, 0.15) is 25.7 Å². The predicted molar refractivity (Wildman–Crippen MR) is 75.5 cm³/mol. The van der Waals surface area contributed by atoms with Crippen molar-refractivity contribution >= 4 is 5.82 Å². The Labute approximate surface area is 117 Å². The molecular formula is C15H17N3O2. The average molecular weight is 271 g/mol. The van der Waals surface area contributed by atoms with Crippen molar-refractivity contribution in [3.05, 3.63) is 24.4 Å². The van der Waals surface area contributed by atoms with E-state index in [1.165, 1.54) is 0 Å². The second-order valence-electron chi connectivity index (χ2n) is 5.55. The van der Waals surface area contributed by atoms with E-state index < -0.39 is 5.79 Å². The van der Waals surface area contributed by atoms with Gasteiger partial charge in [0.1, 0.15) is 5.82 Å². The first kappa shape index (κ1) is 11.6. The van der Waals surface area contributed by atoms with Crippen LogP contribution in [0, 0.1) is 0 Å². The molecule has 0 radical (unpaired) electrons. The summed E-state index contributed by atoms with van der Waals surface area (Å²) < 4.78 is 13.7. The van der Waals surface area contributed by atoms with E-state index in [2.05, 4.69) is 5.10 Å². The van der Waals surface area contributed by atoms with Gasteiger partial charge in [-0.3, -0.25) is 4.68 Å². The van der Waals surface area contributed by atoms with Crippen LogP contribution < -0.4 is 15.2 Å². The quantitative estimate of drug-likeness (QED) is 0.866. The Kier molecular flexibility index (Phi) is 2.28.